The van der Waals surface area contributed by atoms with E-state index in [-0.39, 0.29) is 12.4 Å². The standard InChI is InChI=1S/C10H16N4O2S.ClH/c15-17(16,13-4-1-2-5-13)10-8-12-14-6-3-11-7-9(10)14;/h8,11H,1-7H2;1H. The van der Waals surface area contributed by atoms with Crippen molar-refractivity contribution < 1.29 is 8.42 Å². The highest BCUT2D eigenvalue weighted by Gasteiger charge is 2.31. The van der Waals surface area contributed by atoms with Crippen LogP contribution in [0.25, 0.3) is 0 Å². The summed E-state index contributed by atoms with van der Waals surface area (Å²) in [5.41, 5.74) is 0.795. The van der Waals surface area contributed by atoms with E-state index in [0.717, 1.165) is 31.6 Å². The zero-order valence-electron chi connectivity index (χ0n) is 10.0. The zero-order chi connectivity index (χ0) is 11.9. The van der Waals surface area contributed by atoms with Crippen LogP contribution in [-0.4, -0.2) is 42.1 Å². The molecular formula is C10H17ClN4O2S. The number of nitrogens with zero attached hydrogens (tertiary/aromatic N) is 3. The van der Waals surface area contributed by atoms with Crippen molar-refractivity contribution in [2.45, 2.75) is 30.8 Å². The van der Waals surface area contributed by atoms with Gasteiger partial charge in [0.15, 0.2) is 0 Å². The Hall–Kier alpha value is -0.630. The van der Waals surface area contributed by atoms with Crippen molar-refractivity contribution in [2.24, 2.45) is 0 Å². The number of aromatic nitrogens is 2. The average molecular weight is 293 g/mol. The molecule has 1 saturated heterocycles. The van der Waals surface area contributed by atoms with Crippen molar-refractivity contribution in [3.63, 3.8) is 0 Å². The minimum atomic E-state index is -3.33. The molecule has 3 rings (SSSR count). The largest absolute Gasteiger partial charge is 0.309 e. The molecule has 0 aliphatic carbocycles. The van der Waals surface area contributed by atoms with Crippen molar-refractivity contribution in [3.05, 3.63) is 11.9 Å². The quantitative estimate of drug-likeness (QED) is 0.845. The predicted molar refractivity (Wildman–Crippen MR) is 69.2 cm³/mol. The molecule has 1 fully saturated rings. The lowest BCUT2D eigenvalue weighted by atomic mass is 10.3. The minimum Gasteiger partial charge on any atom is -0.309 e. The molecule has 3 heterocycles. The molecule has 0 aromatic carbocycles. The molecular weight excluding hydrogens is 276 g/mol. The Balaban J connectivity index is 0.00000120. The molecule has 0 spiro atoms. The molecule has 8 heteroatoms. The summed E-state index contributed by atoms with van der Waals surface area (Å²) >= 11 is 0. The van der Waals surface area contributed by atoms with Crippen LogP contribution in [0.2, 0.25) is 0 Å². The second kappa shape index (κ2) is 5.16. The first-order valence-electron chi connectivity index (χ1n) is 5.95. The summed E-state index contributed by atoms with van der Waals surface area (Å²) < 4.78 is 28.2. The molecule has 1 aromatic rings. The molecule has 2 aliphatic rings. The minimum absolute atomic E-state index is 0. The van der Waals surface area contributed by atoms with Gasteiger partial charge in [0.2, 0.25) is 10.0 Å². The SMILES string of the molecule is Cl.O=S(=O)(c1cnn2c1CNCC2)N1CCCC1. The Bertz CT molecular complexity index is 522. The third-order valence-corrected chi connectivity index (χ3v) is 5.33. The van der Waals surface area contributed by atoms with Gasteiger partial charge in [-0.1, -0.05) is 0 Å². The summed E-state index contributed by atoms with van der Waals surface area (Å²) in [4.78, 5) is 0.381. The Morgan fingerprint density at radius 2 is 1.94 bits per heavy atom. The van der Waals surface area contributed by atoms with E-state index in [0.29, 0.717) is 24.5 Å². The van der Waals surface area contributed by atoms with Gasteiger partial charge < -0.3 is 5.32 Å². The fourth-order valence-electron chi connectivity index (χ4n) is 2.44. The van der Waals surface area contributed by atoms with Crippen LogP contribution in [0.1, 0.15) is 18.5 Å². The molecule has 0 unspecified atom stereocenters. The predicted octanol–water partition coefficient (Wildman–Crippen LogP) is 0.193. The normalized spacial score (nSPS) is 20.4. The Morgan fingerprint density at radius 3 is 2.67 bits per heavy atom. The lowest BCUT2D eigenvalue weighted by Crippen LogP contribution is -2.32. The second-order valence-corrected chi connectivity index (χ2v) is 6.37. The van der Waals surface area contributed by atoms with E-state index in [1.54, 1.807) is 8.99 Å². The van der Waals surface area contributed by atoms with Crippen LogP contribution in [0.4, 0.5) is 0 Å². The Labute approximate surface area is 113 Å². The van der Waals surface area contributed by atoms with Gasteiger partial charge >= 0.3 is 0 Å². The highest BCUT2D eigenvalue weighted by molar-refractivity contribution is 7.89. The number of sulfonamides is 1. The maximum Gasteiger partial charge on any atom is 0.246 e. The van der Waals surface area contributed by atoms with Crippen molar-refractivity contribution in [1.29, 1.82) is 0 Å². The fraction of sp³-hybridized carbons (Fsp3) is 0.700. The summed E-state index contributed by atoms with van der Waals surface area (Å²) in [5, 5.41) is 7.35. The summed E-state index contributed by atoms with van der Waals surface area (Å²) in [6.07, 6.45) is 3.41. The first-order valence-corrected chi connectivity index (χ1v) is 7.39. The fourth-order valence-corrected chi connectivity index (χ4v) is 4.11. The highest BCUT2D eigenvalue weighted by Crippen LogP contribution is 2.24. The van der Waals surface area contributed by atoms with Crippen LogP contribution < -0.4 is 5.32 Å². The summed E-state index contributed by atoms with van der Waals surface area (Å²) in [7, 11) is -3.33. The smallest absolute Gasteiger partial charge is 0.246 e. The number of hydrogen-bond acceptors (Lipinski definition) is 4. The topological polar surface area (TPSA) is 67.2 Å². The zero-order valence-corrected chi connectivity index (χ0v) is 11.6. The molecule has 1 aromatic heterocycles. The van der Waals surface area contributed by atoms with Crippen molar-refractivity contribution in [2.75, 3.05) is 19.6 Å². The Kier molecular flexibility index (Phi) is 3.96. The summed E-state index contributed by atoms with van der Waals surface area (Å²) in [6, 6.07) is 0. The van der Waals surface area contributed by atoms with E-state index in [1.807, 2.05) is 0 Å². The lowest BCUT2D eigenvalue weighted by Gasteiger charge is -2.19. The van der Waals surface area contributed by atoms with E-state index in [1.165, 1.54) is 6.20 Å². The second-order valence-electron chi connectivity index (χ2n) is 4.47. The maximum atomic E-state index is 12.4. The molecule has 18 heavy (non-hydrogen) atoms. The molecule has 0 bridgehead atoms. The van der Waals surface area contributed by atoms with Gasteiger partial charge in [-0.2, -0.15) is 9.40 Å². The third kappa shape index (κ3) is 2.16. The van der Waals surface area contributed by atoms with Crippen molar-refractivity contribution in [3.8, 4) is 0 Å². The number of halogens is 1. The molecule has 0 saturated carbocycles. The van der Waals surface area contributed by atoms with Crippen LogP contribution in [0.5, 0.6) is 0 Å². The molecule has 0 atom stereocenters. The number of nitrogens with one attached hydrogen (secondary N) is 1. The molecule has 6 nitrogen and oxygen atoms in total. The van der Waals surface area contributed by atoms with Crippen LogP contribution in [0, 0.1) is 0 Å². The summed E-state index contributed by atoms with van der Waals surface area (Å²) in [6.45, 7) is 3.45. The van der Waals surface area contributed by atoms with E-state index in [9.17, 15) is 8.42 Å². The number of hydrogen-bond donors (Lipinski definition) is 1. The molecule has 2 aliphatic heterocycles. The van der Waals surface area contributed by atoms with Crippen LogP contribution in [0.15, 0.2) is 11.1 Å². The van der Waals surface area contributed by atoms with Crippen LogP contribution in [0.3, 0.4) is 0 Å². The molecule has 0 amide bonds. The van der Waals surface area contributed by atoms with Gasteiger partial charge in [-0.05, 0) is 12.8 Å². The van der Waals surface area contributed by atoms with Gasteiger partial charge in [-0.25, -0.2) is 8.42 Å². The van der Waals surface area contributed by atoms with Crippen LogP contribution in [-0.2, 0) is 23.1 Å². The molecule has 102 valence electrons. The van der Waals surface area contributed by atoms with Crippen molar-refractivity contribution >= 4 is 22.4 Å². The number of fused-ring (bicyclic) bond motifs is 1. The van der Waals surface area contributed by atoms with Crippen LogP contribution >= 0.6 is 12.4 Å². The summed E-state index contributed by atoms with van der Waals surface area (Å²) in [5.74, 6) is 0. The Morgan fingerprint density at radius 1 is 1.22 bits per heavy atom. The van der Waals surface area contributed by atoms with Gasteiger partial charge in [0.1, 0.15) is 4.90 Å². The van der Waals surface area contributed by atoms with E-state index >= 15 is 0 Å². The van der Waals surface area contributed by atoms with E-state index in [2.05, 4.69) is 10.4 Å². The first kappa shape index (κ1) is 13.8. The third-order valence-electron chi connectivity index (χ3n) is 3.39. The van der Waals surface area contributed by atoms with E-state index in [4.69, 9.17) is 0 Å². The van der Waals surface area contributed by atoms with Gasteiger partial charge in [0.25, 0.3) is 0 Å². The lowest BCUT2D eigenvalue weighted by molar-refractivity contribution is 0.459. The maximum absolute atomic E-state index is 12.4. The number of rotatable bonds is 2. The molecule has 0 radical (unpaired) electrons. The first-order chi connectivity index (χ1) is 8.19. The van der Waals surface area contributed by atoms with Crippen molar-refractivity contribution in [1.82, 2.24) is 19.4 Å². The van der Waals surface area contributed by atoms with Gasteiger partial charge in [-0.15, -0.1) is 12.4 Å². The van der Waals surface area contributed by atoms with Gasteiger partial charge in [0, 0.05) is 26.2 Å². The van der Waals surface area contributed by atoms with E-state index < -0.39 is 10.0 Å². The highest BCUT2D eigenvalue weighted by atomic mass is 35.5. The monoisotopic (exact) mass is 292 g/mol. The van der Waals surface area contributed by atoms with Gasteiger partial charge in [-0.3, -0.25) is 4.68 Å². The average Bonchev–Trinajstić information content (AvgIpc) is 2.99. The van der Waals surface area contributed by atoms with Gasteiger partial charge in [0.05, 0.1) is 18.4 Å². The molecule has 1 N–H and O–H groups in total.